The molecule has 1 amide bonds. The minimum atomic E-state index is -4.83. The first-order valence-corrected chi connectivity index (χ1v) is 6.62. The molecule has 1 saturated heterocycles. The fraction of sp³-hybridized carbons (Fsp3) is 0.500. The van der Waals surface area contributed by atoms with E-state index in [0.29, 0.717) is 0 Å². The number of benzene rings is 1. The average Bonchev–Trinajstić information content (AvgIpc) is 2.93. The van der Waals surface area contributed by atoms with Crippen molar-refractivity contribution in [1.29, 1.82) is 0 Å². The van der Waals surface area contributed by atoms with Gasteiger partial charge in [0.25, 0.3) is 0 Å². The van der Waals surface area contributed by atoms with Gasteiger partial charge >= 0.3 is 12.1 Å². The number of nitrogens with zero attached hydrogens (tertiary/aromatic N) is 1. The molecule has 0 spiro atoms. The van der Waals surface area contributed by atoms with Gasteiger partial charge in [-0.2, -0.15) is 13.2 Å². The number of hydrogen-bond acceptors (Lipinski definition) is 2. The maximum absolute atomic E-state index is 12.3. The Morgan fingerprint density at radius 1 is 1.20 bits per heavy atom. The lowest BCUT2D eigenvalue weighted by atomic mass is 10.1. The van der Waals surface area contributed by atoms with Crippen molar-refractivity contribution in [2.45, 2.75) is 25.1 Å². The molecule has 110 valence electrons. The fourth-order valence-electron chi connectivity index (χ4n) is 2.48. The fourth-order valence-corrected chi connectivity index (χ4v) is 2.48. The largest absolute Gasteiger partial charge is 0.471 e. The van der Waals surface area contributed by atoms with Gasteiger partial charge in [-0.15, -0.1) is 0 Å². The van der Waals surface area contributed by atoms with Crippen LogP contribution in [-0.4, -0.2) is 36.6 Å². The van der Waals surface area contributed by atoms with Crippen LogP contribution in [0.4, 0.5) is 13.2 Å². The summed E-state index contributed by atoms with van der Waals surface area (Å²) in [4.78, 5) is 13.1. The van der Waals surface area contributed by atoms with Crippen LogP contribution in [0.2, 0.25) is 0 Å². The van der Waals surface area contributed by atoms with Crippen molar-refractivity contribution in [1.82, 2.24) is 10.2 Å². The Bertz CT molecular complexity index is 441. The van der Waals surface area contributed by atoms with Gasteiger partial charge in [0.15, 0.2) is 0 Å². The third kappa shape index (κ3) is 3.72. The molecule has 1 N–H and O–H groups in total. The van der Waals surface area contributed by atoms with Crippen molar-refractivity contribution in [2.75, 3.05) is 19.6 Å². The molecule has 1 atom stereocenters. The van der Waals surface area contributed by atoms with E-state index in [1.54, 1.807) is 0 Å². The van der Waals surface area contributed by atoms with Crippen LogP contribution < -0.4 is 5.32 Å². The zero-order chi connectivity index (χ0) is 14.6. The van der Waals surface area contributed by atoms with Crippen LogP contribution in [0.25, 0.3) is 0 Å². The molecule has 1 fully saturated rings. The molecule has 1 aromatic carbocycles. The van der Waals surface area contributed by atoms with E-state index in [0.717, 1.165) is 31.5 Å². The summed E-state index contributed by atoms with van der Waals surface area (Å²) in [5.41, 5.74) is 0.928. The SMILES string of the molecule is O=C(NCC(c1ccccc1)N1CCCC1)C(F)(F)F. The number of nitrogens with one attached hydrogen (secondary N) is 1. The Morgan fingerprint density at radius 3 is 2.35 bits per heavy atom. The zero-order valence-corrected chi connectivity index (χ0v) is 11.0. The number of halogens is 3. The van der Waals surface area contributed by atoms with E-state index in [2.05, 4.69) is 4.90 Å². The van der Waals surface area contributed by atoms with Crippen LogP contribution in [0.1, 0.15) is 24.4 Å². The van der Waals surface area contributed by atoms with Gasteiger partial charge in [-0.05, 0) is 31.5 Å². The molecule has 0 radical (unpaired) electrons. The lowest BCUT2D eigenvalue weighted by Gasteiger charge is -2.28. The van der Waals surface area contributed by atoms with E-state index >= 15 is 0 Å². The van der Waals surface area contributed by atoms with E-state index in [4.69, 9.17) is 0 Å². The first kappa shape index (κ1) is 14.8. The van der Waals surface area contributed by atoms with Crippen LogP contribution in [0, 0.1) is 0 Å². The summed E-state index contributed by atoms with van der Waals surface area (Å²) in [6, 6.07) is 9.11. The molecule has 2 rings (SSSR count). The van der Waals surface area contributed by atoms with E-state index < -0.39 is 12.1 Å². The number of amides is 1. The molecule has 0 saturated carbocycles. The lowest BCUT2D eigenvalue weighted by Crippen LogP contribution is -2.42. The number of rotatable bonds is 4. The quantitative estimate of drug-likeness (QED) is 0.922. The highest BCUT2D eigenvalue weighted by Crippen LogP contribution is 2.25. The summed E-state index contributed by atoms with van der Waals surface area (Å²) in [6.07, 6.45) is -2.75. The Hall–Kier alpha value is -1.56. The number of hydrogen-bond donors (Lipinski definition) is 1. The third-order valence-corrected chi connectivity index (χ3v) is 3.48. The highest BCUT2D eigenvalue weighted by atomic mass is 19.4. The highest BCUT2D eigenvalue weighted by molar-refractivity contribution is 5.81. The van der Waals surface area contributed by atoms with Gasteiger partial charge in [0.2, 0.25) is 0 Å². The lowest BCUT2D eigenvalue weighted by molar-refractivity contribution is -0.173. The smallest absolute Gasteiger partial charge is 0.346 e. The maximum atomic E-state index is 12.3. The Balaban J connectivity index is 2.06. The summed E-state index contributed by atoms with van der Waals surface area (Å²) >= 11 is 0. The maximum Gasteiger partial charge on any atom is 0.471 e. The first-order valence-electron chi connectivity index (χ1n) is 6.62. The Labute approximate surface area is 115 Å². The van der Waals surface area contributed by atoms with Crippen molar-refractivity contribution in [3.8, 4) is 0 Å². The van der Waals surface area contributed by atoms with Crippen molar-refractivity contribution in [3.05, 3.63) is 35.9 Å². The van der Waals surface area contributed by atoms with Crippen molar-refractivity contribution < 1.29 is 18.0 Å². The second kappa shape index (κ2) is 6.26. The summed E-state index contributed by atoms with van der Waals surface area (Å²) < 4.78 is 36.8. The predicted octanol–water partition coefficient (Wildman–Crippen LogP) is 2.50. The molecule has 0 aliphatic carbocycles. The second-order valence-corrected chi connectivity index (χ2v) is 4.88. The molecule has 1 unspecified atom stereocenters. The first-order chi connectivity index (χ1) is 9.48. The molecule has 0 bridgehead atoms. The average molecular weight is 286 g/mol. The van der Waals surface area contributed by atoms with E-state index in [1.165, 1.54) is 0 Å². The predicted molar refractivity (Wildman–Crippen MR) is 69.1 cm³/mol. The summed E-state index contributed by atoms with van der Waals surface area (Å²) in [6.45, 7) is 1.67. The van der Waals surface area contributed by atoms with Crippen LogP contribution in [0.15, 0.2) is 30.3 Å². The van der Waals surface area contributed by atoms with Gasteiger partial charge in [0.1, 0.15) is 0 Å². The van der Waals surface area contributed by atoms with Crippen LogP contribution in [-0.2, 0) is 4.79 Å². The van der Waals surface area contributed by atoms with Crippen molar-refractivity contribution >= 4 is 5.91 Å². The van der Waals surface area contributed by atoms with E-state index in [9.17, 15) is 18.0 Å². The second-order valence-electron chi connectivity index (χ2n) is 4.88. The van der Waals surface area contributed by atoms with Crippen LogP contribution >= 0.6 is 0 Å². The monoisotopic (exact) mass is 286 g/mol. The van der Waals surface area contributed by atoms with Gasteiger partial charge in [-0.3, -0.25) is 9.69 Å². The zero-order valence-electron chi connectivity index (χ0n) is 11.0. The van der Waals surface area contributed by atoms with Crippen LogP contribution in [0.3, 0.4) is 0 Å². The van der Waals surface area contributed by atoms with Crippen LogP contribution in [0.5, 0.6) is 0 Å². The third-order valence-electron chi connectivity index (χ3n) is 3.48. The molecular weight excluding hydrogens is 269 g/mol. The molecule has 3 nitrogen and oxygen atoms in total. The Morgan fingerprint density at radius 2 is 1.80 bits per heavy atom. The number of carbonyl (C=O) groups excluding carboxylic acids is 1. The molecular formula is C14H17F3N2O. The van der Waals surface area contributed by atoms with Gasteiger partial charge < -0.3 is 5.32 Å². The Kier molecular flexibility index (Phi) is 4.65. The van der Waals surface area contributed by atoms with Gasteiger partial charge in [0, 0.05) is 6.54 Å². The van der Waals surface area contributed by atoms with Gasteiger partial charge in [0.05, 0.1) is 6.04 Å². The van der Waals surface area contributed by atoms with Gasteiger partial charge in [-0.1, -0.05) is 30.3 Å². The summed E-state index contributed by atoms with van der Waals surface area (Å²) in [7, 11) is 0. The minimum absolute atomic E-state index is 0.0254. The van der Waals surface area contributed by atoms with Gasteiger partial charge in [-0.25, -0.2) is 0 Å². The standard InChI is InChI=1S/C14H17F3N2O/c15-14(16,17)13(20)18-10-12(19-8-4-5-9-19)11-6-2-1-3-7-11/h1-3,6-7,12H,4-5,8-10H2,(H,18,20). The normalized spacial score (nSPS) is 17.9. The minimum Gasteiger partial charge on any atom is -0.346 e. The van der Waals surface area contributed by atoms with Crippen molar-refractivity contribution in [2.24, 2.45) is 0 Å². The molecule has 6 heteroatoms. The molecule has 1 aliphatic rings. The topological polar surface area (TPSA) is 32.3 Å². The molecule has 1 aliphatic heterocycles. The highest BCUT2D eigenvalue weighted by Gasteiger charge is 2.39. The van der Waals surface area contributed by atoms with E-state index in [-0.39, 0.29) is 12.6 Å². The molecule has 0 aromatic heterocycles. The van der Waals surface area contributed by atoms with E-state index in [1.807, 2.05) is 35.6 Å². The summed E-state index contributed by atoms with van der Waals surface area (Å²) in [5, 5.41) is 1.99. The number of carbonyl (C=O) groups is 1. The van der Waals surface area contributed by atoms with Crippen molar-refractivity contribution in [3.63, 3.8) is 0 Å². The summed E-state index contributed by atoms with van der Waals surface area (Å²) in [5.74, 6) is -1.88. The number of alkyl halides is 3. The molecule has 1 aromatic rings. The number of likely N-dealkylation sites (tertiary alicyclic amines) is 1. The molecule has 20 heavy (non-hydrogen) atoms. The molecule has 1 heterocycles.